The van der Waals surface area contributed by atoms with Crippen molar-refractivity contribution in [3.8, 4) is 0 Å². The second-order valence-electron chi connectivity index (χ2n) is 7.25. The minimum atomic E-state index is -4.48. The van der Waals surface area contributed by atoms with Crippen LogP contribution in [0.15, 0.2) is 6.07 Å². The first kappa shape index (κ1) is 17.0. The van der Waals surface area contributed by atoms with E-state index in [-0.39, 0.29) is 18.1 Å². The molecule has 0 aromatic carbocycles. The molecule has 24 heavy (non-hydrogen) atoms. The van der Waals surface area contributed by atoms with Gasteiger partial charge in [0.05, 0.1) is 11.3 Å². The normalized spacial score (nSPS) is 21.7. The molecule has 1 saturated heterocycles. The number of hydrogen-bond acceptors (Lipinski definition) is 4. The van der Waals surface area contributed by atoms with Crippen molar-refractivity contribution >= 4 is 11.7 Å². The first-order chi connectivity index (χ1) is 11.1. The summed E-state index contributed by atoms with van der Waals surface area (Å²) >= 11 is 0. The van der Waals surface area contributed by atoms with Crippen LogP contribution in [0.25, 0.3) is 0 Å². The molecule has 1 aromatic rings. The SMILES string of the molecule is CC(C)(C)c1nc2c(cc1C(F)(F)F)CNC(=O)[C@H]1CNCCN21. The van der Waals surface area contributed by atoms with E-state index in [1.807, 2.05) is 4.90 Å². The molecule has 5 nitrogen and oxygen atoms in total. The average Bonchev–Trinajstić information content (AvgIpc) is 2.62. The van der Waals surface area contributed by atoms with E-state index in [0.717, 1.165) is 6.07 Å². The highest BCUT2D eigenvalue weighted by Crippen LogP contribution is 2.39. The third-order valence-electron chi connectivity index (χ3n) is 4.37. The molecule has 0 bridgehead atoms. The molecule has 132 valence electrons. The predicted octanol–water partition coefficient (Wildman–Crippen LogP) is 1.81. The van der Waals surface area contributed by atoms with Crippen molar-refractivity contribution in [2.75, 3.05) is 24.5 Å². The summed E-state index contributed by atoms with van der Waals surface area (Å²) in [5.74, 6) is 0.295. The van der Waals surface area contributed by atoms with Crippen molar-refractivity contribution in [1.82, 2.24) is 15.6 Å². The van der Waals surface area contributed by atoms with E-state index in [1.165, 1.54) is 0 Å². The van der Waals surface area contributed by atoms with Crippen molar-refractivity contribution in [3.63, 3.8) is 0 Å². The molecule has 3 heterocycles. The van der Waals surface area contributed by atoms with Crippen LogP contribution in [0.3, 0.4) is 0 Å². The monoisotopic (exact) mass is 342 g/mol. The minimum absolute atomic E-state index is 0.0142. The summed E-state index contributed by atoms with van der Waals surface area (Å²) in [5, 5.41) is 5.85. The van der Waals surface area contributed by atoms with Gasteiger partial charge in [-0.25, -0.2) is 4.98 Å². The van der Waals surface area contributed by atoms with Gasteiger partial charge in [-0.05, 0) is 6.07 Å². The Labute approximate surface area is 138 Å². The van der Waals surface area contributed by atoms with Gasteiger partial charge in [0.2, 0.25) is 5.91 Å². The maximum absolute atomic E-state index is 13.5. The fourth-order valence-electron chi connectivity index (χ4n) is 3.20. The number of fused-ring (bicyclic) bond motifs is 3. The molecule has 0 unspecified atom stereocenters. The highest BCUT2D eigenvalue weighted by atomic mass is 19.4. The van der Waals surface area contributed by atoms with Crippen LogP contribution in [0, 0.1) is 0 Å². The molecule has 2 aliphatic rings. The van der Waals surface area contributed by atoms with E-state index in [1.54, 1.807) is 20.8 Å². The highest BCUT2D eigenvalue weighted by Gasteiger charge is 2.41. The molecular weight excluding hydrogens is 321 g/mol. The van der Waals surface area contributed by atoms with Gasteiger partial charge in [0.1, 0.15) is 11.9 Å². The molecule has 0 aliphatic carbocycles. The van der Waals surface area contributed by atoms with Gasteiger partial charge in [0.15, 0.2) is 0 Å². The number of amides is 1. The van der Waals surface area contributed by atoms with E-state index < -0.39 is 23.2 Å². The van der Waals surface area contributed by atoms with Gasteiger partial charge in [-0.2, -0.15) is 13.2 Å². The van der Waals surface area contributed by atoms with Gasteiger partial charge in [-0.3, -0.25) is 4.79 Å². The Morgan fingerprint density at radius 3 is 2.62 bits per heavy atom. The summed E-state index contributed by atoms with van der Waals surface area (Å²) in [6, 6.07) is 0.699. The first-order valence-corrected chi connectivity index (χ1v) is 7.95. The third kappa shape index (κ3) is 2.94. The molecule has 0 radical (unpaired) electrons. The number of anilines is 1. The maximum atomic E-state index is 13.5. The van der Waals surface area contributed by atoms with Crippen molar-refractivity contribution in [2.45, 2.75) is 44.9 Å². The molecule has 0 saturated carbocycles. The van der Waals surface area contributed by atoms with Crippen LogP contribution in [0.1, 0.15) is 37.6 Å². The number of nitrogens with one attached hydrogen (secondary N) is 2. The first-order valence-electron chi connectivity index (χ1n) is 7.95. The van der Waals surface area contributed by atoms with Crippen LogP contribution >= 0.6 is 0 Å². The largest absolute Gasteiger partial charge is 0.418 e. The lowest BCUT2D eigenvalue weighted by Gasteiger charge is -2.36. The zero-order valence-corrected chi connectivity index (χ0v) is 13.9. The zero-order valence-electron chi connectivity index (χ0n) is 13.9. The fourth-order valence-corrected chi connectivity index (χ4v) is 3.20. The van der Waals surface area contributed by atoms with Crippen LogP contribution in [0.2, 0.25) is 0 Å². The summed E-state index contributed by atoms with van der Waals surface area (Å²) in [7, 11) is 0. The summed E-state index contributed by atoms with van der Waals surface area (Å²) < 4.78 is 40.5. The van der Waals surface area contributed by atoms with Gasteiger partial charge < -0.3 is 15.5 Å². The molecule has 2 aliphatic heterocycles. The van der Waals surface area contributed by atoms with Crippen LogP contribution < -0.4 is 15.5 Å². The van der Waals surface area contributed by atoms with Crippen molar-refractivity contribution in [2.24, 2.45) is 0 Å². The van der Waals surface area contributed by atoms with Crippen LogP contribution in [0.5, 0.6) is 0 Å². The zero-order chi connectivity index (χ0) is 17.7. The lowest BCUT2D eigenvalue weighted by atomic mass is 9.87. The number of halogens is 3. The Hall–Kier alpha value is -1.83. The fraction of sp³-hybridized carbons (Fsp3) is 0.625. The third-order valence-corrected chi connectivity index (χ3v) is 4.37. The lowest BCUT2D eigenvalue weighted by Crippen LogP contribution is -2.57. The quantitative estimate of drug-likeness (QED) is 0.755. The summed E-state index contributed by atoms with van der Waals surface area (Å²) in [4.78, 5) is 18.5. The number of pyridine rings is 1. The summed E-state index contributed by atoms with van der Waals surface area (Å²) in [5.41, 5.74) is -1.06. The second-order valence-corrected chi connectivity index (χ2v) is 7.25. The maximum Gasteiger partial charge on any atom is 0.418 e. The molecule has 1 aromatic heterocycles. The van der Waals surface area contributed by atoms with Crippen LogP contribution in [-0.4, -0.2) is 36.6 Å². The topological polar surface area (TPSA) is 57.3 Å². The molecule has 3 rings (SSSR count). The summed E-state index contributed by atoms with van der Waals surface area (Å²) in [6.07, 6.45) is -4.48. The van der Waals surface area contributed by atoms with Gasteiger partial charge >= 0.3 is 6.18 Å². The van der Waals surface area contributed by atoms with E-state index in [4.69, 9.17) is 0 Å². The number of nitrogens with zero attached hydrogens (tertiary/aromatic N) is 2. The Kier molecular flexibility index (Phi) is 3.98. The highest BCUT2D eigenvalue weighted by molar-refractivity contribution is 5.87. The smallest absolute Gasteiger partial charge is 0.350 e. The number of alkyl halides is 3. The van der Waals surface area contributed by atoms with Gasteiger partial charge in [0, 0.05) is 37.2 Å². The van der Waals surface area contributed by atoms with Gasteiger partial charge in [-0.15, -0.1) is 0 Å². The molecule has 1 fully saturated rings. The lowest BCUT2D eigenvalue weighted by molar-refractivity contribution is -0.139. The number of hydrogen-bond donors (Lipinski definition) is 2. The van der Waals surface area contributed by atoms with E-state index in [2.05, 4.69) is 15.6 Å². The van der Waals surface area contributed by atoms with Crippen molar-refractivity contribution in [3.05, 3.63) is 22.9 Å². The van der Waals surface area contributed by atoms with E-state index >= 15 is 0 Å². The van der Waals surface area contributed by atoms with Gasteiger partial charge in [-0.1, -0.05) is 20.8 Å². The Balaban J connectivity index is 2.20. The van der Waals surface area contributed by atoms with E-state index in [0.29, 0.717) is 31.0 Å². The standard InChI is InChI=1S/C16H21F3N4O/c1-15(2,3)12-10(16(17,18)19)6-9-7-21-14(24)11-8-20-4-5-23(11)13(9)22-12/h6,11,20H,4-5,7-8H2,1-3H3,(H,21,24)/t11-/m1/s1. The molecule has 0 spiro atoms. The second kappa shape index (κ2) is 5.61. The number of piperazine rings is 1. The molecule has 2 N–H and O–H groups in total. The Bertz CT molecular complexity index is 667. The van der Waals surface area contributed by atoms with Crippen molar-refractivity contribution < 1.29 is 18.0 Å². The van der Waals surface area contributed by atoms with Crippen LogP contribution in [-0.2, 0) is 22.9 Å². The number of rotatable bonds is 0. The van der Waals surface area contributed by atoms with Gasteiger partial charge in [0.25, 0.3) is 0 Å². The van der Waals surface area contributed by atoms with Crippen molar-refractivity contribution in [1.29, 1.82) is 0 Å². The predicted molar refractivity (Wildman–Crippen MR) is 83.8 cm³/mol. The molecule has 8 heteroatoms. The number of carbonyl (C=O) groups excluding carboxylic acids is 1. The average molecular weight is 342 g/mol. The molecule has 1 amide bonds. The molecule has 1 atom stereocenters. The summed E-state index contributed by atoms with van der Waals surface area (Å²) in [6.45, 7) is 6.86. The Morgan fingerprint density at radius 2 is 2.00 bits per heavy atom. The minimum Gasteiger partial charge on any atom is -0.350 e. The van der Waals surface area contributed by atoms with E-state index in [9.17, 15) is 18.0 Å². The van der Waals surface area contributed by atoms with Crippen LogP contribution in [0.4, 0.5) is 19.0 Å². The molecular formula is C16H21F3N4O. The Morgan fingerprint density at radius 1 is 1.29 bits per heavy atom. The number of carbonyl (C=O) groups is 1. The number of aromatic nitrogens is 1.